The summed E-state index contributed by atoms with van der Waals surface area (Å²) in [5.74, 6) is -0.249. The Morgan fingerprint density at radius 2 is 2.27 bits per heavy atom. The van der Waals surface area contributed by atoms with Gasteiger partial charge in [0, 0.05) is 13.6 Å². The van der Waals surface area contributed by atoms with Gasteiger partial charge in [-0.3, -0.25) is 0 Å². The molecule has 0 amide bonds. The van der Waals surface area contributed by atoms with E-state index in [2.05, 4.69) is 11.0 Å². The van der Waals surface area contributed by atoms with Crippen molar-refractivity contribution in [3.05, 3.63) is 29.3 Å². The first-order chi connectivity index (χ1) is 7.24. The summed E-state index contributed by atoms with van der Waals surface area (Å²) in [4.78, 5) is 13.7. The van der Waals surface area contributed by atoms with E-state index < -0.39 is 0 Å². The number of rotatable bonds is 1. The third-order valence-corrected chi connectivity index (χ3v) is 2.85. The third-order valence-electron chi connectivity index (χ3n) is 2.85. The second kappa shape index (κ2) is 3.93. The molecule has 80 valence electrons. The van der Waals surface area contributed by atoms with Gasteiger partial charge in [-0.2, -0.15) is 0 Å². The van der Waals surface area contributed by atoms with Crippen molar-refractivity contribution < 1.29 is 9.53 Å². The normalized spacial score (nSPS) is 14.7. The molecular weight excluding hydrogens is 190 g/mol. The van der Waals surface area contributed by atoms with E-state index in [0.29, 0.717) is 5.56 Å². The maximum atomic E-state index is 11.6. The lowest BCUT2D eigenvalue weighted by Crippen LogP contribution is -2.27. The van der Waals surface area contributed by atoms with E-state index in [4.69, 9.17) is 4.74 Å². The van der Waals surface area contributed by atoms with Crippen LogP contribution in [0.25, 0.3) is 0 Å². The molecule has 3 heteroatoms. The molecule has 3 nitrogen and oxygen atoms in total. The molecule has 1 aromatic rings. The van der Waals surface area contributed by atoms with Crippen molar-refractivity contribution in [1.82, 2.24) is 0 Å². The highest BCUT2D eigenvalue weighted by atomic mass is 16.5. The topological polar surface area (TPSA) is 29.5 Å². The van der Waals surface area contributed by atoms with Gasteiger partial charge in [-0.25, -0.2) is 4.79 Å². The van der Waals surface area contributed by atoms with E-state index in [1.807, 2.05) is 19.2 Å². The van der Waals surface area contributed by atoms with Crippen molar-refractivity contribution in [2.24, 2.45) is 0 Å². The van der Waals surface area contributed by atoms with Gasteiger partial charge < -0.3 is 9.64 Å². The zero-order valence-corrected chi connectivity index (χ0v) is 9.12. The van der Waals surface area contributed by atoms with Crippen LogP contribution in [0.4, 0.5) is 5.69 Å². The number of esters is 1. The number of aryl methyl sites for hydroxylation is 1. The van der Waals surface area contributed by atoms with Gasteiger partial charge >= 0.3 is 5.97 Å². The van der Waals surface area contributed by atoms with Crippen LogP contribution in [0.15, 0.2) is 18.2 Å². The van der Waals surface area contributed by atoms with Crippen molar-refractivity contribution in [3.8, 4) is 0 Å². The summed E-state index contributed by atoms with van der Waals surface area (Å²) in [6.45, 7) is 1.00. The Bertz CT molecular complexity index is 387. The molecule has 15 heavy (non-hydrogen) atoms. The van der Waals surface area contributed by atoms with Crippen LogP contribution in [0.5, 0.6) is 0 Å². The number of benzene rings is 1. The number of nitrogens with zero attached hydrogens (tertiary/aromatic N) is 1. The molecule has 0 unspecified atom stereocenters. The highest BCUT2D eigenvalue weighted by molar-refractivity contribution is 5.96. The van der Waals surface area contributed by atoms with E-state index in [0.717, 1.165) is 25.1 Å². The Labute approximate surface area is 89.7 Å². The summed E-state index contributed by atoms with van der Waals surface area (Å²) in [7, 11) is 3.44. The predicted molar refractivity (Wildman–Crippen MR) is 59.4 cm³/mol. The van der Waals surface area contributed by atoms with Crippen LogP contribution >= 0.6 is 0 Å². The quantitative estimate of drug-likeness (QED) is 0.655. The first kappa shape index (κ1) is 10.0. The number of hydrogen-bond donors (Lipinski definition) is 0. The van der Waals surface area contributed by atoms with Crippen LogP contribution in [-0.2, 0) is 11.2 Å². The molecule has 0 bridgehead atoms. The average molecular weight is 205 g/mol. The molecule has 0 saturated carbocycles. The number of carbonyl (C=O) groups excluding carboxylic acids is 1. The van der Waals surface area contributed by atoms with Crippen molar-refractivity contribution in [2.45, 2.75) is 12.8 Å². The molecule has 0 saturated heterocycles. The number of ether oxygens (including phenoxy) is 1. The zero-order valence-electron chi connectivity index (χ0n) is 9.12. The largest absolute Gasteiger partial charge is 0.465 e. The summed E-state index contributed by atoms with van der Waals surface area (Å²) >= 11 is 0. The van der Waals surface area contributed by atoms with E-state index in [1.165, 1.54) is 12.7 Å². The highest BCUT2D eigenvalue weighted by Gasteiger charge is 2.21. The SMILES string of the molecule is COC(=O)c1cccc2c1N(C)CCC2. The lowest BCUT2D eigenvalue weighted by molar-refractivity contribution is 0.0601. The maximum Gasteiger partial charge on any atom is 0.339 e. The molecule has 0 radical (unpaired) electrons. The molecular formula is C12H15NO2. The van der Waals surface area contributed by atoms with E-state index in [9.17, 15) is 4.79 Å². The molecule has 0 N–H and O–H groups in total. The summed E-state index contributed by atoms with van der Waals surface area (Å²) in [5, 5.41) is 0. The van der Waals surface area contributed by atoms with Crippen LogP contribution in [-0.4, -0.2) is 26.7 Å². The van der Waals surface area contributed by atoms with Gasteiger partial charge in [0.1, 0.15) is 0 Å². The average Bonchev–Trinajstić information content (AvgIpc) is 2.28. The van der Waals surface area contributed by atoms with Crippen molar-refractivity contribution in [2.75, 3.05) is 25.6 Å². The van der Waals surface area contributed by atoms with E-state index >= 15 is 0 Å². The lowest BCUT2D eigenvalue weighted by atomic mass is 9.98. The second-order valence-corrected chi connectivity index (χ2v) is 3.83. The van der Waals surface area contributed by atoms with Crippen molar-refractivity contribution in [3.63, 3.8) is 0 Å². The van der Waals surface area contributed by atoms with Crippen LogP contribution in [0, 0.1) is 0 Å². The minimum atomic E-state index is -0.249. The molecule has 0 aliphatic carbocycles. The molecule has 1 aromatic carbocycles. The number of methoxy groups -OCH3 is 1. The van der Waals surface area contributed by atoms with Crippen LogP contribution in [0.2, 0.25) is 0 Å². The standard InChI is InChI=1S/C12H15NO2/c1-13-8-4-6-9-5-3-7-10(11(9)13)12(14)15-2/h3,5,7H,4,6,8H2,1-2H3. The summed E-state index contributed by atoms with van der Waals surface area (Å²) in [6.07, 6.45) is 2.19. The fraction of sp³-hybridized carbons (Fsp3) is 0.417. The smallest absolute Gasteiger partial charge is 0.339 e. The highest BCUT2D eigenvalue weighted by Crippen LogP contribution is 2.30. The second-order valence-electron chi connectivity index (χ2n) is 3.83. The summed E-state index contributed by atoms with van der Waals surface area (Å²) < 4.78 is 4.79. The van der Waals surface area contributed by atoms with Crippen molar-refractivity contribution >= 4 is 11.7 Å². The Hall–Kier alpha value is -1.51. The van der Waals surface area contributed by atoms with Gasteiger partial charge in [0.05, 0.1) is 18.4 Å². The van der Waals surface area contributed by atoms with Gasteiger partial charge in [0.15, 0.2) is 0 Å². The first-order valence-corrected chi connectivity index (χ1v) is 5.15. The predicted octanol–water partition coefficient (Wildman–Crippen LogP) is 1.86. The monoisotopic (exact) mass is 205 g/mol. The maximum absolute atomic E-state index is 11.6. The summed E-state index contributed by atoms with van der Waals surface area (Å²) in [6, 6.07) is 5.83. The lowest BCUT2D eigenvalue weighted by Gasteiger charge is -2.29. The Morgan fingerprint density at radius 3 is 3.00 bits per heavy atom. The van der Waals surface area contributed by atoms with Crippen molar-refractivity contribution in [1.29, 1.82) is 0 Å². The number of fused-ring (bicyclic) bond motifs is 1. The fourth-order valence-corrected chi connectivity index (χ4v) is 2.14. The van der Waals surface area contributed by atoms with Gasteiger partial charge in [0.2, 0.25) is 0 Å². The van der Waals surface area contributed by atoms with Crippen LogP contribution in [0.1, 0.15) is 22.3 Å². The molecule has 1 heterocycles. The Morgan fingerprint density at radius 1 is 1.47 bits per heavy atom. The van der Waals surface area contributed by atoms with Gasteiger partial charge in [-0.1, -0.05) is 12.1 Å². The Balaban J connectivity index is 2.51. The molecule has 0 spiro atoms. The van der Waals surface area contributed by atoms with Gasteiger partial charge in [-0.15, -0.1) is 0 Å². The summed E-state index contributed by atoms with van der Waals surface area (Å²) in [5.41, 5.74) is 2.96. The molecule has 0 aromatic heterocycles. The number of hydrogen-bond acceptors (Lipinski definition) is 3. The van der Waals surface area contributed by atoms with E-state index in [1.54, 1.807) is 0 Å². The van der Waals surface area contributed by atoms with Crippen LogP contribution < -0.4 is 4.90 Å². The van der Waals surface area contributed by atoms with Gasteiger partial charge in [-0.05, 0) is 24.5 Å². The molecule has 0 atom stereocenters. The number of carbonyl (C=O) groups is 1. The number of anilines is 1. The molecule has 2 rings (SSSR count). The van der Waals surface area contributed by atoms with Gasteiger partial charge in [0.25, 0.3) is 0 Å². The van der Waals surface area contributed by atoms with Crippen LogP contribution in [0.3, 0.4) is 0 Å². The fourth-order valence-electron chi connectivity index (χ4n) is 2.14. The molecule has 1 aliphatic rings. The number of para-hydroxylation sites is 1. The molecule has 1 aliphatic heterocycles. The van der Waals surface area contributed by atoms with E-state index in [-0.39, 0.29) is 5.97 Å². The minimum Gasteiger partial charge on any atom is -0.465 e. The zero-order chi connectivity index (χ0) is 10.8. The first-order valence-electron chi connectivity index (χ1n) is 5.15. The third kappa shape index (κ3) is 1.69. The Kier molecular flexibility index (Phi) is 2.62. The molecule has 0 fully saturated rings. The minimum absolute atomic E-state index is 0.249.